The van der Waals surface area contributed by atoms with Gasteiger partial charge in [-0.05, 0) is 37.1 Å². The van der Waals surface area contributed by atoms with Gasteiger partial charge in [-0.25, -0.2) is 4.39 Å². The van der Waals surface area contributed by atoms with Gasteiger partial charge in [0.25, 0.3) is 0 Å². The Morgan fingerprint density at radius 1 is 1.32 bits per heavy atom. The molecule has 2 rings (SSSR count). The largest absolute Gasteiger partial charge is 0.416 e. The van der Waals surface area contributed by atoms with Crippen molar-refractivity contribution in [3.63, 3.8) is 0 Å². The fourth-order valence-corrected chi connectivity index (χ4v) is 2.24. The van der Waals surface area contributed by atoms with Crippen LogP contribution in [0.25, 0.3) is 0 Å². The Labute approximate surface area is 110 Å². The third-order valence-electron chi connectivity index (χ3n) is 3.42. The summed E-state index contributed by atoms with van der Waals surface area (Å²) in [5.74, 6) is -0.0578. The molecule has 0 amide bonds. The van der Waals surface area contributed by atoms with E-state index in [4.69, 9.17) is 0 Å². The van der Waals surface area contributed by atoms with Crippen LogP contribution in [-0.2, 0) is 6.18 Å². The number of nitrogens with one attached hydrogen (secondary N) is 1. The minimum Gasteiger partial charge on any atom is -0.310 e. The first-order valence-electron chi connectivity index (χ1n) is 6.51. The maximum Gasteiger partial charge on any atom is 0.416 e. The predicted octanol–water partition coefficient (Wildman–Crippen LogP) is 4.30. The highest BCUT2D eigenvalue weighted by atomic mass is 19.4. The van der Waals surface area contributed by atoms with Crippen LogP contribution in [-0.4, -0.2) is 6.54 Å². The number of benzene rings is 1. The van der Waals surface area contributed by atoms with Crippen molar-refractivity contribution < 1.29 is 17.6 Å². The van der Waals surface area contributed by atoms with Crippen LogP contribution in [0.3, 0.4) is 0 Å². The van der Waals surface area contributed by atoms with Crippen LogP contribution < -0.4 is 5.32 Å². The van der Waals surface area contributed by atoms with E-state index >= 15 is 0 Å². The second-order valence-electron chi connectivity index (χ2n) is 5.02. The molecule has 1 N–H and O–H groups in total. The topological polar surface area (TPSA) is 12.0 Å². The third kappa shape index (κ3) is 3.69. The van der Waals surface area contributed by atoms with Crippen molar-refractivity contribution in [1.29, 1.82) is 0 Å². The standard InChI is InChI=1S/C14H17F4N/c1-2-19-13(7-9-3-4-9)11-8-10(14(16,17)18)5-6-12(11)15/h5-6,8-9,13,19H,2-4,7H2,1H3. The summed E-state index contributed by atoms with van der Waals surface area (Å²) >= 11 is 0. The minimum absolute atomic E-state index is 0.128. The Hall–Kier alpha value is -1.10. The zero-order valence-electron chi connectivity index (χ0n) is 10.7. The van der Waals surface area contributed by atoms with E-state index in [9.17, 15) is 17.6 Å². The lowest BCUT2D eigenvalue weighted by atomic mass is 9.98. The van der Waals surface area contributed by atoms with Crippen LogP contribution in [0.15, 0.2) is 18.2 Å². The molecule has 1 fully saturated rings. The lowest BCUT2D eigenvalue weighted by Crippen LogP contribution is -2.23. The summed E-state index contributed by atoms with van der Waals surface area (Å²) in [5, 5.41) is 3.08. The maximum absolute atomic E-state index is 13.8. The number of hydrogen-bond donors (Lipinski definition) is 1. The van der Waals surface area contributed by atoms with Gasteiger partial charge in [0.1, 0.15) is 5.82 Å². The van der Waals surface area contributed by atoms with Gasteiger partial charge < -0.3 is 5.32 Å². The molecule has 0 spiro atoms. The molecule has 0 aliphatic heterocycles. The minimum atomic E-state index is -4.43. The average Bonchev–Trinajstić information content (AvgIpc) is 3.11. The Morgan fingerprint density at radius 2 is 2.00 bits per heavy atom. The number of hydrogen-bond acceptors (Lipinski definition) is 1. The molecular formula is C14H17F4N. The van der Waals surface area contributed by atoms with Crippen LogP contribution in [0.5, 0.6) is 0 Å². The molecule has 0 saturated heterocycles. The van der Waals surface area contributed by atoms with Crippen molar-refractivity contribution in [3.05, 3.63) is 35.1 Å². The average molecular weight is 275 g/mol. The van der Waals surface area contributed by atoms with E-state index in [2.05, 4.69) is 5.32 Å². The predicted molar refractivity (Wildman–Crippen MR) is 65.2 cm³/mol. The Morgan fingerprint density at radius 3 is 2.53 bits per heavy atom. The SMILES string of the molecule is CCNC(CC1CC1)c1cc(C(F)(F)F)ccc1F. The molecule has 5 heteroatoms. The first-order valence-corrected chi connectivity index (χ1v) is 6.51. The van der Waals surface area contributed by atoms with Crippen molar-refractivity contribution in [2.45, 2.75) is 38.4 Å². The van der Waals surface area contributed by atoms with E-state index in [1.54, 1.807) is 0 Å². The van der Waals surface area contributed by atoms with Crippen LogP contribution in [0, 0.1) is 11.7 Å². The zero-order chi connectivity index (χ0) is 14.0. The van der Waals surface area contributed by atoms with Gasteiger partial charge in [0.05, 0.1) is 5.56 Å². The van der Waals surface area contributed by atoms with Crippen molar-refractivity contribution in [2.75, 3.05) is 6.54 Å². The fourth-order valence-electron chi connectivity index (χ4n) is 2.24. The summed E-state index contributed by atoms with van der Waals surface area (Å²) in [6.45, 7) is 2.47. The van der Waals surface area contributed by atoms with Gasteiger partial charge in [-0.1, -0.05) is 19.8 Å². The molecule has 0 bridgehead atoms. The molecule has 0 aromatic heterocycles. The van der Waals surface area contributed by atoms with Crippen LogP contribution in [0.1, 0.15) is 43.4 Å². The molecule has 106 valence electrons. The Bertz CT molecular complexity index is 438. The molecule has 19 heavy (non-hydrogen) atoms. The van der Waals surface area contributed by atoms with E-state index in [1.165, 1.54) is 0 Å². The summed E-state index contributed by atoms with van der Waals surface area (Å²) in [4.78, 5) is 0. The van der Waals surface area contributed by atoms with Crippen LogP contribution in [0.2, 0.25) is 0 Å². The summed E-state index contributed by atoms with van der Waals surface area (Å²) in [6, 6.07) is 2.30. The smallest absolute Gasteiger partial charge is 0.310 e. The van der Waals surface area contributed by atoms with E-state index in [0.717, 1.165) is 31.0 Å². The molecule has 1 atom stereocenters. The summed E-state index contributed by atoms with van der Waals surface area (Å²) in [6.07, 6.45) is -1.56. The number of rotatable bonds is 5. The third-order valence-corrected chi connectivity index (χ3v) is 3.42. The highest BCUT2D eigenvalue weighted by Crippen LogP contribution is 2.39. The monoisotopic (exact) mass is 275 g/mol. The van der Waals surface area contributed by atoms with E-state index in [0.29, 0.717) is 18.9 Å². The normalized spacial score (nSPS) is 17.5. The van der Waals surface area contributed by atoms with Crippen molar-refractivity contribution in [2.24, 2.45) is 5.92 Å². The van der Waals surface area contributed by atoms with Crippen molar-refractivity contribution >= 4 is 0 Å². The van der Waals surface area contributed by atoms with Gasteiger partial charge in [0.2, 0.25) is 0 Å². The molecule has 1 saturated carbocycles. The Balaban J connectivity index is 2.28. The molecule has 1 unspecified atom stereocenters. The first-order chi connectivity index (χ1) is 8.91. The molecule has 1 aliphatic rings. The molecule has 1 aliphatic carbocycles. The van der Waals surface area contributed by atoms with Crippen molar-refractivity contribution in [3.8, 4) is 0 Å². The number of halogens is 4. The zero-order valence-corrected chi connectivity index (χ0v) is 10.7. The van der Waals surface area contributed by atoms with E-state index in [1.807, 2.05) is 6.92 Å². The van der Waals surface area contributed by atoms with Gasteiger partial charge in [-0.15, -0.1) is 0 Å². The lowest BCUT2D eigenvalue weighted by Gasteiger charge is -2.20. The summed E-state index contributed by atoms with van der Waals surface area (Å²) < 4.78 is 51.8. The van der Waals surface area contributed by atoms with Crippen LogP contribution >= 0.6 is 0 Å². The molecule has 1 aromatic rings. The molecule has 1 aromatic carbocycles. The van der Waals surface area contributed by atoms with Gasteiger partial charge >= 0.3 is 6.18 Å². The second-order valence-corrected chi connectivity index (χ2v) is 5.02. The van der Waals surface area contributed by atoms with E-state index < -0.39 is 17.6 Å². The molecular weight excluding hydrogens is 258 g/mol. The first kappa shape index (κ1) is 14.3. The summed E-state index contributed by atoms with van der Waals surface area (Å²) in [5.41, 5.74) is -0.661. The van der Waals surface area contributed by atoms with Gasteiger partial charge in [-0.2, -0.15) is 13.2 Å². The molecule has 1 nitrogen and oxygen atoms in total. The second kappa shape index (κ2) is 5.49. The maximum atomic E-state index is 13.8. The lowest BCUT2D eigenvalue weighted by molar-refractivity contribution is -0.137. The molecule has 0 radical (unpaired) electrons. The van der Waals surface area contributed by atoms with Gasteiger partial charge in [0.15, 0.2) is 0 Å². The quantitative estimate of drug-likeness (QED) is 0.790. The Kier molecular flexibility index (Phi) is 4.13. The van der Waals surface area contributed by atoms with Gasteiger partial charge in [0, 0.05) is 11.6 Å². The van der Waals surface area contributed by atoms with E-state index in [-0.39, 0.29) is 11.6 Å². The summed E-state index contributed by atoms with van der Waals surface area (Å²) in [7, 11) is 0. The highest BCUT2D eigenvalue weighted by Gasteiger charge is 2.33. The number of alkyl halides is 3. The van der Waals surface area contributed by atoms with Crippen LogP contribution in [0.4, 0.5) is 17.6 Å². The highest BCUT2D eigenvalue weighted by molar-refractivity contribution is 5.29. The van der Waals surface area contributed by atoms with Crippen molar-refractivity contribution in [1.82, 2.24) is 5.32 Å². The fraction of sp³-hybridized carbons (Fsp3) is 0.571. The van der Waals surface area contributed by atoms with Gasteiger partial charge in [-0.3, -0.25) is 0 Å². The molecule has 0 heterocycles.